The van der Waals surface area contributed by atoms with E-state index in [1.54, 1.807) is 7.11 Å². The van der Waals surface area contributed by atoms with E-state index in [-0.39, 0.29) is 0 Å². The van der Waals surface area contributed by atoms with Crippen LogP contribution in [0.25, 0.3) is 0 Å². The van der Waals surface area contributed by atoms with E-state index in [4.69, 9.17) is 4.74 Å². The van der Waals surface area contributed by atoms with Crippen molar-refractivity contribution in [3.05, 3.63) is 28.2 Å². The molecule has 0 spiro atoms. The SMILES string of the molecule is CCC(CC)CC(NC)c1cc(OC)ccc1Br. The van der Waals surface area contributed by atoms with E-state index in [9.17, 15) is 0 Å². The Bertz CT molecular complexity index is 364. The van der Waals surface area contributed by atoms with Gasteiger partial charge in [0, 0.05) is 10.5 Å². The summed E-state index contributed by atoms with van der Waals surface area (Å²) in [5.41, 5.74) is 1.28. The van der Waals surface area contributed by atoms with Gasteiger partial charge in [0.1, 0.15) is 5.75 Å². The molecule has 0 aliphatic rings. The fourth-order valence-electron chi connectivity index (χ4n) is 2.27. The monoisotopic (exact) mass is 313 g/mol. The van der Waals surface area contributed by atoms with Crippen LogP contribution in [0.1, 0.15) is 44.7 Å². The maximum absolute atomic E-state index is 5.31. The summed E-state index contributed by atoms with van der Waals surface area (Å²) in [6.07, 6.45) is 3.63. The molecular weight excluding hydrogens is 290 g/mol. The molecule has 0 aromatic heterocycles. The molecule has 0 radical (unpaired) electrons. The number of nitrogens with one attached hydrogen (secondary N) is 1. The summed E-state index contributed by atoms with van der Waals surface area (Å²) >= 11 is 3.64. The molecule has 0 bridgehead atoms. The maximum atomic E-state index is 5.31. The molecule has 1 aromatic rings. The number of rotatable bonds is 7. The van der Waals surface area contributed by atoms with Crippen molar-refractivity contribution in [1.29, 1.82) is 0 Å². The largest absolute Gasteiger partial charge is 0.497 e. The summed E-state index contributed by atoms with van der Waals surface area (Å²) in [5, 5.41) is 3.42. The Morgan fingerprint density at radius 1 is 1.28 bits per heavy atom. The highest BCUT2D eigenvalue weighted by atomic mass is 79.9. The first-order valence-electron chi connectivity index (χ1n) is 6.66. The summed E-state index contributed by atoms with van der Waals surface area (Å²) in [6.45, 7) is 4.53. The van der Waals surface area contributed by atoms with E-state index in [0.29, 0.717) is 6.04 Å². The second-order valence-corrected chi connectivity index (χ2v) is 5.50. The fourth-order valence-corrected chi connectivity index (χ4v) is 2.79. The molecule has 2 nitrogen and oxygen atoms in total. The van der Waals surface area contributed by atoms with Gasteiger partial charge >= 0.3 is 0 Å². The number of ether oxygens (including phenoxy) is 1. The highest BCUT2D eigenvalue weighted by molar-refractivity contribution is 9.10. The molecule has 0 saturated heterocycles. The van der Waals surface area contributed by atoms with Gasteiger partial charge in [-0.2, -0.15) is 0 Å². The third kappa shape index (κ3) is 3.99. The van der Waals surface area contributed by atoms with Crippen LogP contribution in [0.3, 0.4) is 0 Å². The minimum Gasteiger partial charge on any atom is -0.497 e. The van der Waals surface area contributed by atoms with Gasteiger partial charge in [0.25, 0.3) is 0 Å². The average molecular weight is 314 g/mol. The first-order valence-corrected chi connectivity index (χ1v) is 7.46. The lowest BCUT2D eigenvalue weighted by molar-refractivity contribution is 0.381. The van der Waals surface area contributed by atoms with Gasteiger partial charge in [-0.1, -0.05) is 42.6 Å². The topological polar surface area (TPSA) is 21.3 Å². The third-order valence-corrected chi connectivity index (χ3v) is 4.37. The van der Waals surface area contributed by atoms with Crippen LogP contribution < -0.4 is 10.1 Å². The Morgan fingerprint density at radius 3 is 2.44 bits per heavy atom. The molecule has 1 rings (SSSR count). The van der Waals surface area contributed by atoms with Crippen molar-refractivity contribution in [2.45, 2.75) is 39.2 Å². The van der Waals surface area contributed by atoms with Crippen LogP contribution in [0.4, 0.5) is 0 Å². The van der Waals surface area contributed by atoms with E-state index in [1.165, 1.54) is 18.4 Å². The highest BCUT2D eigenvalue weighted by Crippen LogP contribution is 2.32. The van der Waals surface area contributed by atoms with E-state index < -0.39 is 0 Å². The Balaban J connectivity index is 2.93. The maximum Gasteiger partial charge on any atom is 0.119 e. The Hall–Kier alpha value is -0.540. The van der Waals surface area contributed by atoms with Gasteiger partial charge in [-0.05, 0) is 43.1 Å². The van der Waals surface area contributed by atoms with E-state index in [2.05, 4.69) is 47.2 Å². The van der Waals surface area contributed by atoms with Crippen molar-refractivity contribution >= 4 is 15.9 Å². The van der Waals surface area contributed by atoms with Crippen LogP contribution in [-0.2, 0) is 0 Å². The number of hydrogen-bond acceptors (Lipinski definition) is 2. The van der Waals surface area contributed by atoms with Crippen molar-refractivity contribution in [1.82, 2.24) is 5.32 Å². The van der Waals surface area contributed by atoms with Crippen molar-refractivity contribution < 1.29 is 4.74 Å². The lowest BCUT2D eigenvalue weighted by Gasteiger charge is -2.23. The van der Waals surface area contributed by atoms with E-state index >= 15 is 0 Å². The zero-order valence-corrected chi connectivity index (χ0v) is 13.4. The number of benzene rings is 1. The smallest absolute Gasteiger partial charge is 0.119 e. The molecule has 0 aliphatic heterocycles. The Kier molecular flexibility index (Phi) is 6.72. The van der Waals surface area contributed by atoms with Gasteiger partial charge in [-0.25, -0.2) is 0 Å². The van der Waals surface area contributed by atoms with Gasteiger partial charge in [-0.3, -0.25) is 0 Å². The summed E-state index contributed by atoms with van der Waals surface area (Å²) in [7, 11) is 3.74. The predicted molar refractivity (Wildman–Crippen MR) is 81.2 cm³/mol. The van der Waals surface area contributed by atoms with E-state index in [1.807, 2.05) is 13.1 Å². The summed E-state index contributed by atoms with van der Waals surface area (Å²) in [6, 6.07) is 6.54. The molecule has 0 aliphatic carbocycles. The molecule has 0 fully saturated rings. The quantitative estimate of drug-likeness (QED) is 0.797. The molecular formula is C15H24BrNO. The highest BCUT2D eigenvalue weighted by Gasteiger charge is 2.17. The number of halogens is 1. The number of hydrogen-bond donors (Lipinski definition) is 1. The van der Waals surface area contributed by atoms with Crippen LogP contribution in [0.5, 0.6) is 5.75 Å². The van der Waals surface area contributed by atoms with Crippen LogP contribution in [-0.4, -0.2) is 14.2 Å². The molecule has 102 valence electrons. The van der Waals surface area contributed by atoms with Crippen LogP contribution in [0.15, 0.2) is 22.7 Å². The molecule has 0 heterocycles. The molecule has 0 saturated carbocycles. The van der Waals surface area contributed by atoms with Gasteiger partial charge in [0.15, 0.2) is 0 Å². The summed E-state index contributed by atoms with van der Waals surface area (Å²) < 4.78 is 6.46. The zero-order valence-electron chi connectivity index (χ0n) is 11.8. The second kappa shape index (κ2) is 7.80. The minimum atomic E-state index is 0.374. The van der Waals surface area contributed by atoms with Crippen molar-refractivity contribution in [3.8, 4) is 5.75 Å². The zero-order chi connectivity index (χ0) is 13.5. The summed E-state index contributed by atoms with van der Waals surface area (Å²) in [4.78, 5) is 0. The fraction of sp³-hybridized carbons (Fsp3) is 0.600. The molecule has 3 heteroatoms. The molecule has 0 amide bonds. The van der Waals surface area contributed by atoms with Gasteiger partial charge in [0.2, 0.25) is 0 Å². The first-order chi connectivity index (χ1) is 8.65. The third-order valence-electron chi connectivity index (χ3n) is 3.65. The second-order valence-electron chi connectivity index (χ2n) is 4.65. The van der Waals surface area contributed by atoms with Crippen LogP contribution in [0.2, 0.25) is 0 Å². The molecule has 1 unspecified atom stereocenters. The summed E-state index contributed by atoms with van der Waals surface area (Å²) in [5.74, 6) is 1.68. The first kappa shape index (κ1) is 15.5. The van der Waals surface area contributed by atoms with Crippen molar-refractivity contribution in [3.63, 3.8) is 0 Å². The molecule has 18 heavy (non-hydrogen) atoms. The Labute approximate surface area is 119 Å². The molecule has 1 aromatic carbocycles. The normalized spacial score (nSPS) is 12.8. The number of methoxy groups -OCH3 is 1. The van der Waals surface area contributed by atoms with Crippen molar-refractivity contribution in [2.24, 2.45) is 5.92 Å². The standard InChI is InChI=1S/C15H24BrNO/c1-5-11(6-2)9-15(17-3)13-10-12(18-4)7-8-14(13)16/h7-8,10-11,15,17H,5-6,9H2,1-4H3. The van der Waals surface area contributed by atoms with Crippen LogP contribution >= 0.6 is 15.9 Å². The lowest BCUT2D eigenvalue weighted by atomic mass is 9.91. The molecule has 1 atom stereocenters. The molecule has 1 N–H and O–H groups in total. The van der Waals surface area contributed by atoms with Gasteiger partial charge in [-0.15, -0.1) is 0 Å². The average Bonchev–Trinajstić information content (AvgIpc) is 2.41. The van der Waals surface area contributed by atoms with Crippen molar-refractivity contribution in [2.75, 3.05) is 14.2 Å². The Morgan fingerprint density at radius 2 is 1.94 bits per heavy atom. The van der Waals surface area contributed by atoms with Gasteiger partial charge < -0.3 is 10.1 Å². The lowest BCUT2D eigenvalue weighted by Crippen LogP contribution is -2.20. The minimum absolute atomic E-state index is 0.374. The predicted octanol–water partition coefficient (Wildman–Crippen LogP) is 4.54. The van der Waals surface area contributed by atoms with E-state index in [0.717, 1.165) is 22.6 Å². The van der Waals surface area contributed by atoms with Crippen LogP contribution in [0, 0.1) is 5.92 Å². The van der Waals surface area contributed by atoms with Gasteiger partial charge in [0.05, 0.1) is 7.11 Å².